The van der Waals surface area contributed by atoms with Crippen molar-refractivity contribution in [3.05, 3.63) is 29.8 Å². The van der Waals surface area contributed by atoms with Gasteiger partial charge in [0.25, 0.3) is 0 Å². The molecule has 1 unspecified atom stereocenters. The van der Waals surface area contributed by atoms with Crippen LogP contribution in [0.2, 0.25) is 0 Å². The molecule has 0 saturated heterocycles. The molecule has 16 heavy (non-hydrogen) atoms. The molecule has 0 saturated carbocycles. The normalized spacial score (nSPS) is 12.4. The summed E-state index contributed by atoms with van der Waals surface area (Å²) >= 11 is 3.61. The van der Waals surface area contributed by atoms with Crippen LogP contribution in [0.1, 0.15) is 31.7 Å². The average Bonchev–Trinajstić information content (AvgIpc) is 2.35. The first-order chi connectivity index (χ1) is 7.80. The molecule has 2 heteroatoms. The molecule has 0 heterocycles. The van der Waals surface area contributed by atoms with Crippen molar-refractivity contribution in [1.82, 2.24) is 0 Å². The van der Waals surface area contributed by atoms with E-state index in [0.29, 0.717) is 0 Å². The SMILES string of the molecule is CCCCC(CBr)Cc1ccc(OC)cc1. The highest BCUT2D eigenvalue weighted by molar-refractivity contribution is 9.09. The fourth-order valence-corrected chi connectivity index (χ4v) is 2.37. The molecule has 0 aromatic heterocycles. The summed E-state index contributed by atoms with van der Waals surface area (Å²) in [4.78, 5) is 0. The van der Waals surface area contributed by atoms with E-state index >= 15 is 0 Å². The molecule has 1 rings (SSSR count). The van der Waals surface area contributed by atoms with Crippen LogP contribution in [0, 0.1) is 5.92 Å². The number of alkyl halides is 1. The second kappa shape index (κ2) is 7.72. The minimum atomic E-state index is 0.758. The Balaban J connectivity index is 2.49. The molecule has 0 N–H and O–H groups in total. The summed E-state index contributed by atoms with van der Waals surface area (Å²) in [5.41, 5.74) is 1.40. The summed E-state index contributed by atoms with van der Waals surface area (Å²) in [5.74, 6) is 1.70. The Morgan fingerprint density at radius 1 is 1.25 bits per heavy atom. The highest BCUT2D eigenvalue weighted by Gasteiger charge is 2.07. The fraction of sp³-hybridized carbons (Fsp3) is 0.571. The molecule has 0 radical (unpaired) electrons. The zero-order valence-electron chi connectivity index (χ0n) is 10.2. The molecule has 1 aromatic rings. The van der Waals surface area contributed by atoms with Crippen LogP contribution in [0.4, 0.5) is 0 Å². The van der Waals surface area contributed by atoms with Gasteiger partial charge in [0.2, 0.25) is 0 Å². The smallest absolute Gasteiger partial charge is 0.118 e. The van der Waals surface area contributed by atoms with Gasteiger partial charge in [-0.3, -0.25) is 0 Å². The Hall–Kier alpha value is -0.500. The van der Waals surface area contributed by atoms with E-state index in [-0.39, 0.29) is 0 Å². The number of benzene rings is 1. The predicted molar refractivity (Wildman–Crippen MR) is 73.5 cm³/mol. The number of methoxy groups -OCH3 is 1. The van der Waals surface area contributed by atoms with Crippen molar-refractivity contribution < 1.29 is 4.74 Å². The third-order valence-electron chi connectivity index (χ3n) is 2.87. The van der Waals surface area contributed by atoms with Crippen molar-refractivity contribution in [2.45, 2.75) is 32.6 Å². The number of rotatable bonds is 7. The molecule has 90 valence electrons. The van der Waals surface area contributed by atoms with Gasteiger partial charge in [-0.25, -0.2) is 0 Å². The molecular formula is C14H21BrO. The lowest BCUT2D eigenvalue weighted by molar-refractivity contribution is 0.414. The van der Waals surface area contributed by atoms with Gasteiger partial charge in [0.05, 0.1) is 7.11 Å². The molecule has 0 aliphatic heterocycles. The molecule has 0 fully saturated rings. The van der Waals surface area contributed by atoms with Crippen molar-refractivity contribution in [3.63, 3.8) is 0 Å². The van der Waals surface area contributed by atoms with E-state index in [4.69, 9.17) is 4.74 Å². The molecule has 1 nitrogen and oxygen atoms in total. The van der Waals surface area contributed by atoms with E-state index in [1.165, 1.54) is 24.8 Å². The van der Waals surface area contributed by atoms with Crippen LogP contribution >= 0.6 is 15.9 Å². The highest BCUT2D eigenvalue weighted by atomic mass is 79.9. The third-order valence-corrected chi connectivity index (χ3v) is 3.78. The first-order valence-electron chi connectivity index (χ1n) is 5.99. The Morgan fingerprint density at radius 3 is 2.44 bits per heavy atom. The minimum absolute atomic E-state index is 0.758. The Kier molecular flexibility index (Phi) is 6.55. The van der Waals surface area contributed by atoms with Gasteiger partial charge in [0.1, 0.15) is 5.75 Å². The quantitative estimate of drug-likeness (QED) is 0.673. The van der Waals surface area contributed by atoms with Gasteiger partial charge in [-0.2, -0.15) is 0 Å². The van der Waals surface area contributed by atoms with E-state index in [0.717, 1.165) is 23.4 Å². The maximum absolute atomic E-state index is 5.16. The van der Waals surface area contributed by atoms with Crippen molar-refractivity contribution >= 4 is 15.9 Å². The summed E-state index contributed by atoms with van der Waals surface area (Å²) in [6.45, 7) is 2.25. The van der Waals surface area contributed by atoms with Crippen LogP contribution in [0.5, 0.6) is 5.75 Å². The van der Waals surface area contributed by atoms with E-state index in [9.17, 15) is 0 Å². The second-order valence-electron chi connectivity index (χ2n) is 4.21. The zero-order valence-corrected chi connectivity index (χ0v) is 11.8. The lowest BCUT2D eigenvalue weighted by Crippen LogP contribution is -2.06. The lowest BCUT2D eigenvalue weighted by atomic mass is 9.96. The molecular weight excluding hydrogens is 264 g/mol. The van der Waals surface area contributed by atoms with Crippen LogP contribution in [0.3, 0.4) is 0 Å². The molecule has 0 aliphatic carbocycles. The Morgan fingerprint density at radius 2 is 1.94 bits per heavy atom. The number of unbranched alkanes of at least 4 members (excludes halogenated alkanes) is 1. The Labute approximate surface area is 107 Å². The van der Waals surface area contributed by atoms with E-state index < -0.39 is 0 Å². The van der Waals surface area contributed by atoms with Crippen molar-refractivity contribution in [2.24, 2.45) is 5.92 Å². The molecule has 1 atom stereocenters. The molecule has 0 spiro atoms. The number of hydrogen-bond donors (Lipinski definition) is 0. The number of hydrogen-bond acceptors (Lipinski definition) is 1. The van der Waals surface area contributed by atoms with Crippen molar-refractivity contribution in [3.8, 4) is 5.75 Å². The number of ether oxygens (including phenoxy) is 1. The summed E-state index contributed by atoms with van der Waals surface area (Å²) in [6, 6.07) is 8.42. The second-order valence-corrected chi connectivity index (χ2v) is 4.86. The maximum Gasteiger partial charge on any atom is 0.118 e. The lowest BCUT2D eigenvalue weighted by Gasteiger charge is -2.13. The first-order valence-corrected chi connectivity index (χ1v) is 7.11. The monoisotopic (exact) mass is 284 g/mol. The Bertz CT molecular complexity index is 281. The van der Waals surface area contributed by atoms with Gasteiger partial charge < -0.3 is 4.74 Å². The zero-order chi connectivity index (χ0) is 11.8. The topological polar surface area (TPSA) is 9.23 Å². The van der Waals surface area contributed by atoms with E-state index in [2.05, 4.69) is 35.0 Å². The van der Waals surface area contributed by atoms with Gasteiger partial charge >= 0.3 is 0 Å². The van der Waals surface area contributed by atoms with Crippen molar-refractivity contribution in [1.29, 1.82) is 0 Å². The summed E-state index contributed by atoms with van der Waals surface area (Å²) in [6.07, 6.45) is 5.08. The van der Waals surface area contributed by atoms with Crippen LogP contribution in [0.25, 0.3) is 0 Å². The fourth-order valence-electron chi connectivity index (χ4n) is 1.82. The third kappa shape index (κ3) is 4.56. The largest absolute Gasteiger partial charge is 0.497 e. The van der Waals surface area contributed by atoms with E-state index in [1.807, 2.05) is 12.1 Å². The van der Waals surface area contributed by atoms with Crippen LogP contribution in [0.15, 0.2) is 24.3 Å². The maximum atomic E-state index is 5.16. The van der Waals surface area contributed by atoms with Gasteiger partial charge in [-0.05, 0) is 36.5 Å². The first kappa shape index (κ1) is 13.6. The molecule has 0 aliphatic rings. The van der Waals surface area contributed by atoms with Crippen LogP contribution in [-0.2, 0) is 6.42 Å². The standard InChI is InChI=1S/C14H21BrO/c1-3-4-5-13(11-15)10-12-6-8-14(16-2)9-7-12/h6-9,13H,3-5,10-11H2,1-2H3. The predicted octanol–water partition coefficient (Wildman–Crippen LogP) is 4.44. The average molecular weight is 285 g/mol. The van der Waals surface area contributed by atoms with Crippen molar-refractivity contribution in [2.75, 3.05) is 12.4 Å². The van der Waals surface area contributed by atoms with Gasteiger partial charge in [-0.1, -0.05) is 47.8 Å². The minimum Gasteiger partial charge on any atom is -0.497 e. The molecule has 1 aromatic carbocycles. The van der Waals surface area contributed by atoms with Gasteiger partial charge in [-0.15, -0.1) is 0 Å². The highest BCUT2D eigenvalue weighted by Crippen LogP contribution is 2.19. The molecule has 0 amide bonds. The van der Waals surface area contributed by atoms with Crippen LogP contribution in [-0.4, -0.2) is 12.4 Å². The van der Waals surface area contributed by atoms with Gasteiger partial charge in [0, 0.05) is 5.33 Å². The molecule has 0 bridgehead atoms. The summed E-state index contributed by atoms with van der Waals surface area (Å²) < 4.78 is 5.16. The van der Waals surface area contributed by atoms with E-state index in [1.54, 1.807) is 7.11 Å². The summed E-state index contributed by atoms with van der Waals surface area (Å²) in [5, 5.41) is 1.10. The van der Waals surface area contributed by atoms with Gasteiger partial charge in [0.15, 0.2) is 0 Å². The summed E-state index contributed by atoms with van der Waals surface area (Å²) in [7, 11) is 1.71. The number of halogens is 1. The van der Waals surface area contributed by atoms with Crippen LogP contribution < -0.4 is 4.74 Å².